The Balaban J connectivity index is 1.85. The molecule has 0 N–H and O–H groups in total. The fourth-order valence-electron chi connectivity index (χ4n) is 2.69. The van der Waals surface area contributed by atoms with Crippen LogP contribution in [0.25, 0.3) is 10.9 Å². The van der Waals surface area contributed by atoms with Crippen LogP contribution in [0.5, 0.6) is 0 Å². The van der Waals surface area contributed by atoms with Crippen molar-refractivity contribution in [3.05, 3.63) is 42.1 Å². The summed E-state index contributed by atoms with van der Waals surface area (Å²) >= 11 is 0. The van der Waals surface area contributed by atoms with E-state index in [0.29, 0.717) is 6.42 Å². The molecule has 4 nitrogen and oxygen atoms in total. The second kappa shape index (κ2) is 4.98. The van der Waals surface area contributed by atoms with Crippen molar-refractivity contribution in [2.24, 2.45) is 5.92 Å². The van der Waals surface area contributed by atoms with Crippen LogP contribution in [0.1, 0.15) is 12.0 Å². The Morgan fingerprint density at radius 1 is 1.25 bits per heavy atom. The molecule has 0 saturated carbocycles. The lowest BCUT2D eigenvalue weighted by molar-refractivity contribution is -0.121. The van der Waals surface area contributed by atoms with E-state index in [-0.39, 0.29) is 29.6 Å². The van der Waals surface area contributed by atoms with Gasteiger partial charge in [0.2, 0.25) is 0 Å². The van der Waals surface area contributed by atoms with Gasteiger partial charge in [-0.15, -0.1) is 0 Å². The first-order valence-electron chi connectivity index (χ1n) is 6.61. The summed E-state index contributed by atoms with van der Waals surface area (Å²) in [5.74, 6) is -0.177. The molecule has 1 saturated heterocycles. The normalized spacial score (nSPS) is 21.1. The molecule has 1 aliphatic heterocycles. The molecule has 2 aromatic rings. The minimum Gasteiger partial charge on any atom is -0.299 e. The summed E-state index contributed by atoms with van der Waals surface area (Å²) in [6.45, 7) is 0. The molecule has 1 aromatic heterocycles. The number of fused-ring (bicyclic) bond motifs is 1. The number of nitrogens with zero attached hydrogens (tertiary/aromatic N) is 1. The minimum absolute atomic E-state index is 0.00878. The van der Waals surface area contributed by atoms with Gasteiger partial charge < -0.3 is 0 Å². The Kier molecular flexibility index (Phi) is 3.30. The predicted molar refractivity (Wildman–Crippen MR) is 77.2 cm³/mol. The molecule has 0 amide bonds. The lowest BCUT2D eigenvalue weighted by Gasteiger charge is -2.08. The molecule has 1 aromatic carbocycles. The maximum absolute atomic E-state index is 12.3. The average Bonchev–Trinajstić information content (AvgIpc) is 2.80. The molecule has 1 unspecified atom stereocenters. The van der Waals surface area contributed by atoms with Crippen LogP contribution in [0.15, 0.2) is 36.5 Å². The smallest absolute Gasteiger partial charge is 0.151 e. The van der Waals surface area contributed by atoms with E-state index in [9.17, 15) is 13.2 Å². The molecule has 1 aliphatic rings. The highest BCUT2D eigenvalue weighted by molar-refractivity contribution is 7.91. The number of hydrogen-bond acceptors (Lipinski definition) is 4. The van der Waals surface area contributed by atoms with Gasteiger partial charge in [0.15, 0.2) is 9.84 Å². The number of sulfone groups is 1. The quantitative estimate of drug-likeness (QED) is 0.864. The maximum atomic E-state index is 12.3. The summed E-state index contributed by atoms with van der Waals surface area (Å²) in [4.78, 5) is 16.5. The maximum Gasteiger partial charge on any atom is 0.151 e. The van der Waals surface area contributed by atoms with Crippen molar-refractivity contribution in [1.29, 1.82) is 0 Å². The lowest BCUT2D eigenvalue weighted by Crippen LogP contribution is -2.18. The molecule has 20 heavy (non-hydrogen) atoms. The monoisotopic (exact) mass is 289 g/mol. The van der Waals surface area contributed by atoms with Gasteiger partial charge in [-0.3, -0.25) is 9.78 Å². The number of benzene rings is 1. The number of aromatic nitrogens is 1. The van der Waals surface area contributed by atoms with Crippen molar-refractivity contribution in [1.82, 2.24) is 4.98 Å². The van der Waals surface area contributed by atoms with Crippen LogP contribution in [0.4, 0.5) is 0 Å². The Bertz CT molecular complexity index is 762. The van der Waals surface area contributed by atoms with Gasteiger partial charge in [0.1, 0.15) is 5.78 Å². The zero-order chi connectivity index (χ0) is 14.2. The summed E-state index contributed by atoms with van der Waals surface area (Å²) in [6, 6.07) is 9.51. The molecule has 3 rings (SSSR count). The molecule has 1 atom stereocenters. The number of rotatable bonds is 3. The topological polar surface area (TPSA) is 64.1 Å². The minimum atomic E-state index is -3.01. The van der Waals surface area contributed by atoms with E-state index in [1.165, 1.54) is 0 Å². The van der Waals surface area contributed by atoms with Gasteiger partial charge in [0.25, 0.3) is 0 Å². The van der Waals surface area contributed by atoms with Crippen molar-refractivity contribution in [3.8, 4) is 0 Å². The zero-order valence-electron chi connectivity index (χ0n) is 11.0. The van der Waals surface area contributed by atoms with Crippen molar-refractivity contribution >= 4 is 26.5 Å². The van der Waals surface area contributed by atoms with E-state index in [4.69, 9.17) is 0 Å². The average molecular weight is 289 g/mol. The molecule has 0 spiro atoms. The number of para-hydroxylation sites is 1. The van der Waals surface area contributed by atoms with Gasteiger partial charge >= 0.3 is 0 Å². The van der Waals surface area contributed by atoms with E-state index >= 15 is 0 Å². The third kappa shape index (κ3) is 2.58. The highest BCUT2D eigenvalue weighted by Gasteiger charge is 2.32. The van der Waals surface area contributed by atoms with E-state index < -0.39 is 9.84 Å². The highest BCUT2D eigenvalue weighted by Crippen LogP contribution is 2.23. The number of Topliss-reactive ketones (excluding diaryl/α,β-unsaturated/α-hetero) is 1. The fraction of sp³-hybridized carbons (Fsp3) is 0.333. The zero-order valence-corrected chi connectivity index (χ0v) is 11.8. The Morgan fingerprint density at radius 2 is 2.05 bits per heavy atom. The molecular formula is C15H15NO3S. The first-order chi connectivity index (χ1) is 9.55. The second-order valence-electron chi connectivity index (χ2n) is 5.23. The van der Waals surface area contributed by atoms with E-state index in [2.05, 4.69) is 4.98 Å². The summed E-state index contributed by atoms with van der Waals surface area (Å²) in [6.07, 6.45) is 2.43. The Morgan fingerprint density at radius 3 is 2.80 bits per heavy atom. The summed E-state index contributed by atoms with van der Waals surface area (Å²) in [5, 5.41) is 0.962. The molecule has 0 bridgehead atoms. The summed E-state index contributed by atoms with van der Waals surface area (Å²) in [7, 11) is -3.01. The first-order valence-corrected chi connectivity index (χ1v) is 8.43. The van der Waals surface area contributed by atoms with Crippen LogP contribution in [0.3, 0.4) is 0 Å². The van der Waals surface area contributed by atoms with Crippen molar-refractivity contribution < 1.29 is 13.2 Å². The molecular weight excluding hydrogens is 274 g/mol. The second-order valence-corrected chi connectivity index (χ2v) is 7.46. The first kappa shape index (κ1) is 13.2. The number of carbonyl (C=O) groups is 1. The van der Waals surface area contributed by atoms with Crippen molar-refractivity contribution in [2.75, 3.05) is 11.5 Å². The van der Waals surface area contributed by atoms with Crippen LogP contribution in [-0.4, -0.2) is 30.7 Å². The number of carbonyl (C=O) groups excluding carboxylic acids is 1. The van der Waals surface area contributed by atoms with E-state index in [1.54, 1.807) is 6.20 Å². The predicted octanol–water partition coefficient (Wildman–Crippen LogP) is 1.78. The van der Waals surface area contributed by atoms with E-state index in [0.717, 1.165) is 16.5 Å². The van der Waals surface area contributed by atoms with Gasteiger partial charge in [0, 0.05) is 23.9 Å². The summed E-state index contributed by atoms with van der Waals surface area (Å²) < 4.78 is 22.9. The largest absolute Gasteiger partial charge is 0.299 e. The van der Waals surface area contributed by atoms with Gasteiger partial charge in [-0.25, -0.2) is 8.42 Å². The Labute approximate surface area is 117 Å². The van der Waals surface area contributed by atoms with Gasteiger partial charge in [-0.2, -0.15) is 0 Å². The van der Waals surface area contributed by atoms with Crippen LogP contribution < -0.4 is 0 Å². The third-order valence-corrected chi connectivity index (χ3v) is 5.56. The van der Waals surface area contributed by atoms with Crippen molar-refractivity contribution in [2.45, 2.75) is 12.8 Å². The number of ketones is 1. The molecule has 0 aliphatic carbocycles. The Hall–Kier alpha value is -1.75. The molecule has 0 radical (unpaired) electrons. The van der Waals surface area contributed by atoms with E-state index in [1.807, 2.05) is 30.3 Å². The third-order valence-electron chi connectivity index (χ3n) is 3.79. The van der Waals surface area contributed by atoms with Gasteiger partial charge in [-0.1, -0.05) is 18.2 Å². The molecule has 104 valence electrons. The van der Waals surface area contributed by atoms with Crippen LogP contribution in [0, 0.1) is 5.92 Å². The number of pyridine rings is 1. The van der Waals surface area contributed by atoms with Crippen LogP contribution in [-0.2, 0) is 21.1 Å². The fourth-order valence-corrected chi connectivity index (χ4v) is 4.47. The molecule has 1 fully saturated rings. The van der Waals surface area contributed by atoms with Gasteiger partial charge in [-0.05, 0) is 24.1 Å². The SMILES string of the molecule is O=C(Cc1ccnc2ccccc12)C1CCS(=O)(=O)C1. The van der Waals surface area contributed by atoms with Crippen LogP contribution >= 0.6 is 0 Å². The van der Waals surface area contributed by atoms with Crippen molar-refractivity contribution in [3.63, 3.8) is 0 Å². The highest BCUT2D eigenvalue weighted by atomic mass is 32.2. The lowest BCUT2D eigenvalue weighted by atomic mass is 9.96. The van der Waals surface area contributed by atoms with Crippen LogP contribution in [0.2, 0.25) is 0 Å². The standard InChI is InChI=1S/C15H15NO3S/c17-15(12-6-8-20(18,19)10-12)9-11-5-7-16-14-4-2-1-3-13(11)14/h1-5,7,12H,6,8-10H2. The summed E-state index contributed by atoms with van der Waals surface area (Å²) in [5.41, 5.74) is 1.78. The molecule has 2 heterocycles. The van der Waals surface area contributed by atoms with Gasteiger partial charge in [0.05, 0.1) is 17.0 Å². The molecule has 5 heteroatoms. The number of hydrogen-bond donors (Lipinski definition) is 0.